The second-order valence-corrected chi connectivity index (χ2v) is 12.4. The highest BCUT2D eigenvalue weighted by molar-refractivity contribution is 7.59. The molecule has 0 bridgehead atoms. The number of halogens is 3. The number of amides is 2. The van der Waals surface area contributed by atoms with Gasteiger partial charge in [-0.15, -0.1) is 11.6 Å². The molecule has 0 saturated heterocycles. The normalized spacial score (nSPS) is 11.2. The Morgan fingerprint density at radius 1 is 0.630 bits per heavy atom. The third-order valence-electron chi connectivity index (χ3n) is 7.41. The summed E-state index contributed by atoms with van der Waals surface area (Å²) in [6.45, 7) is 2.98. The van der Waals surface area contributed by atoms with E-state index in [1.165, 1.54) is 38.1 Å². The molecule has 3 N–H and O–H groups in total. The van der Waals surface area contributed by atoms with Gasteiger partial charge in [0.15, 0.2) is 0 Å². The van der Waals surface area contributed by atoms with Crippen molar-refractivity contribution in [3.8, 4) is 11.5 Å². The number of rotatable bonds is 18. The van der Waals surface area contributed by atoms with E-state index >= 15 is 0 Å². The van der Waals surface area contributed by atoms with Gasteiger partial charge in [0.1, 0.15) is 47.9 Å². The lowest BCUT2D eigenvalue weighted by molar-refractivity contribution is -0.123. The van der Waals surface area contributed by atoms with E-state index in [9.17, 15) is 33.1 Å². The Morgan fingerprint density at radius 3 is 1.37 bits per heavy atom. The first-order chi connectivity index (χ1) is 24.9. The lowest BCUT2D eigenvalue weighted by Crippen LogP contribution is -2.37. The number of aliphatic hydroxyl groups excluding tert-OH is 1. The van der Waals surface area contributed by atoms with Crippen LogP contribution < -0.4 is 20.1 Å². The minimum Gasteiger partial charge on any atom is -0.489 e. The first-order valence-corrected chi connectivity index (χ1v) is 17.1. The van der Waals surface area contributed by atoms with Crippen molar-refractivity contribution in [1.29, 1.82) is 0 Å². The number of benzene rings is 4. The maximum absolute atomic E-state index is 13.1. The van der Waals surface area contributed by atoms with E-state index in [0.29, 0.717) is 11.5 Å². The van der Waals surface area contributed by atoms with Gasteiger partial charge in [-0.2, -0.15) is 27.0 Å². The molecule has 14 heteroatoms. The fourth-order valence-electron chi connectivity index (χ4n) is 5.02. The average molecular weight is 805 g/mol. The van der Waals surface area contributed by atoms with Crippen LogP contribution >= 0.6 is 38.6 Å². The molecular formula is C40H47ClF2N2O7S2. The average Bonchev–Trinajstić information content (AvgIpc) is 3.10. The summed E-state index contributed by atoms with van der Waals surface area (Å²) in [4.78, 5) is 46.2. The van der Waals surface area contributed by atoms with Crippen molar-refractivity contribution < 1.29 is 42.5 Å². The van der Waals surface area contributed by atoms with Gasteiger partial charge in [0.2, 0.25) is 11.8 Å². The van der Waals surface area contributed by atoms with Crippen LogP contribution in [0.25, 0.3) is 0 Å². The Labute approximate surface area is 333 Å². The quantitative estimate of drug-likeness (QED) is 0.101. The molecule has 4 rings (SSSR count). The van der Waals surface area contributed by atoms with Crippen molar-refractivity contribution in [3.63, 3.8) is 0 Å². The molecule has 0 aromatic heterocycles. The highest BCUT2D eigenvalue weighted by atomic mass is 35.5. The van der Waals surface area contributed by atoms with Gasteiger partial charge in [0.05, 0.1) is 12.6 Å². The van der Waals surface area contributed by atoms with Crippen LogP contribution in [0.15, 0.2) is 97.1 Å². The predicted octanol–water partition coefficient (Wildman–Crippen LogP) is 6.28. The van der Waals surface area contributed by atoms with Crippen LogP contribution in [-0.2, 0) is 45.2 Å². The third kappa shape index (κ3) is 19.1. The lowest BCUT2D eigenvalue weighted by atomic mass is 10.0. The van der Waals surface area contributed by atoms with Crippen molar-refractivity contribution in [2.75, 3.05) is 12.5 Å². The number of aliphatic hydroxyl groups is 1. The van der Waals surface area contributed by atoms with Crippen molar-refractivity contribution in [3.05, 3.63) is 131 Å². The zero-order valence-electron chi connectivity index (χ0n) is 30.1. The molecule has 9 nitrogen and oxygen atoms in total. The first kappa shape index (κ1) is 47.6. The minimum atomic E-state index is -0.561. The predicted molar refractivity (Wildman–Crippen MR) is 215 cm³/mol. The SMILES string of the molecule is CC(=O)NC(CCl)CC(=O)Cc1ccc(OCc2cccc(F)c2)cc1.CC(=O)NC(CO)CC(=O)Cc1ccc(OCc2cccc(F)c2)cc1.S.S. The fourth-order valence-corrected chi connectivity index (χ4v) is 5.21. The van der Waals surface area contributed by atoms with Gasteiger partial charge in [-0.05, 0) is 70.8 Å². The number of ether oxygens (including phenoxy) is 2. The molecule has 292 valence electrons. The van der Waals surface area contributed by atoms with Crippen LogP contribution in [0.2, 0.25) is 0 Å². The molecule has 2 amide bonds. The highest BCUT2D eigenvalue weighted by Gasteiger charge is 2.15. The van der Waals surface area contributed by atoms with Crippen LogP contribution in [-0.4, -0.2) is 53.1 Å². The van der Waals surface area contributed by atoms with Crippen LogP contribution in [0.4, 0.5) is 8.78 Å². The Morgan fingerprint density at radius 2 is 1.02 bits per heavy atom. The largest absolute Gasteiger partial charge is 0.489 e. The molecule has 0 saturated carbocycles. The van der Waals surface area contributed by atoms with E-state index in [-0.39, 0.29) is 119 Å². The summed E-state index contributed by atoms with van der Waals surface area (Å²) in [5.41, 5.74) is 3.14. The minimum absolute atomic E-state index is 0. The summed E-state index contributed by atoms with van der Waals surface area (Å²) in [5, 5.41) is 14.4. The Bertz CT molecular complexity index is 1640. The molecule has 2 unspecified atom stereocenters. The molecule has 0 spiro atoms. The molecule has 4 aromatic rings. The summed E-state index contributed by atoms with van der Waals surface area (Å²) in [5.74, 6) is 0.288. The first-order valence-electron chi connectivity index (χ1n) is 16.6. The van der Waals surface area contributed by atoms with Gasteiger partial charge >= 0.3 is 0 Å². The van der Waals surface area contributed by atoms with E-state index < -0.39 is 6.04 Å². The molecule has 54 heavy (non-hydrogen) atoms. The standard InChI is InChI=1S/C20H21ClFNO3.C20H22FNO4.2H2S/c1-14(24)23-18(12-21)11-19(25)10-15-5-7-20(8-6-15)26-13-16-3-2-4-17(22)9-16;1-14(24)22-18(12-23)11-19(25)10-15-5-7-20(8-6-15)26-13-16-3-2-4-17(21)9-16;;/h2-9,18H,10-13H2,1H3,(H,23,24);2-9,18,23H,10-13H2,1H3,(H,22,24);2*1H2. The Hall–Kier alpha value is -4.43. The van der Waals surface area contributed by atoms with Crippen LogP contribution in [0.1, 0.15) is 48.9 Å². The number of carbonyl (C=O) groups excluding carboxylic acids is 4. The maximum Gasteiger partial charge on any atom is 0.217 e. The zero-order chi connectivity index (χ0) is 37.9. The summed E-state index contributed by atoms with van der Waals surface area (Å²) >= 11 is 5.77. The van der Waals surface area contributed by atoms with Gasteiger partial charge in [-0.25, -0.2) is 8.78 Å². The molecule has 0 radical (unpaired) electrons. The van der Waals surface area contributed by atoms with Gasteiger partial charge in [0.25, 0.3) is 0 Å². The highest BCUT2D eigenvalue weighted by Crippen LogP contribution is 2.17. The second-order valence-electron chi connectivity index (χ2n) is 12.1. The van der Waals surface area contributed by atoms with E-state index in [2.05, 4.69) is 10.6 Å². The second kappa shape index (κ2) is 25.6. The fraction of sp³-hybridized carbons (Fsp3) is 0.300. The molecule has 0 fully saturated rings. The topological polar surface area (TPSA) is 131 Å². The number of carbonyl (C=O) groups is 4. The van der Waals surface area contributed by atoms with E-state index in [0.717, 1.165) is 22.3 Å². The van der Waals surface area contributed by atoms with Crippen molar-refractivity contribution in [2.24, 2.45) is 0 Å². The molecule has 2 atom stereocenters. The lowest BCUT2D eigenvalue weighted by Gasteiger charge is -2.14. The number of hydrogen-bond donors (Lipinski definition) is 3. The van der Waals surface area contributed by atoms with Gasteiger partial charge < -0.3 is 25.2 Å². The van der Waals surface area contributed by atoms with Gasteiger partial charge in [-0.3, -0.25) is 19.2 Å². The van der Waals surface area contributed by atoms with Crippen LogP contribution in [0, 0.1) is 11.6 Å². The summed E-state index contributed by atoms with van der Waals surface area (Å²) in [6, 6.07) is 25.8. The Balaban J connectivity index is 0.000000521. The van der Waals surface area contributed by atoms with Crippen molar-refractivity contribution in [2.45, 2.75) is 64.8 Å². The maximum atomic E-state index is 13.1. The van der Waals surface area contributed by atoms with E-state index in [1.54, 1.807) is 60.7 Å². The molecular weight excluding hydrogens is 758 g/mol. The third-order valence-corrected chi connectivity index (χ3v) is 7.78. The van der Waals surface area contributed by atoms with Crippen LogP contribution in [0.3, 0.4) is 0 Å². The van der Waals surface area contributed by atoms with E-state index in [4.69, 9.17) is 21.1 Å². The van der Waals surface area contributed by atoms with E-state index in [1.807, 2.05) is 12.1 Å². The van der Waals surface area contributed by atoms with Crippen molar-refractivity contribution >= 4 is 62.0 Å². The molecule has 0 aliphatic heterocycles. The molecule has 0 aliphatic rings. The van der Waals surface area contributed by atoms with Crippen LogP contribution in [0.5, 0.6) is 11.5 Å². The number of alkyl halides is 1. The van der Waals surface area contributed by atoms with Gasteiger partial charge in [0, 0.05) is 51.5 Å². The molecule has 0 heterocycles. The summed E-state index contributed by atoms with van der Waals surface area (Å²) in [6.07, 6.45) is 0.742. The number of hydrogen-bond acceptors (Lipinski definition) is 7. The van der Waals surface area contributed by atoms with Crippen molar-refractivity contribution in [1.82, 2.24) is 10.6 Å². The smallest absolute Gasteiger partial charge is 0.217 e. The number of ketones is 2. The Kier molecular flexibility index (Phi) is 22.5. The zero-order valence-corrected chi connectivity index (χ0v) is 32.8. The van der Waals surface area contributed by atoms with Gasteiger partial charge in [-0.1, -0.05) is 48.5 Å². The molecule has 0 aliphatic carbocycles. The molecule has 4 aromatic carbocycles. The monoisotopic (exact) mass is 804 g/mol. The number of nitrogens with one attached hydrogen (secondary N) is 2. The number of Topliss-reactive ketones (excluding diaryl/α,β-unsaturated/α-hetero) is 2. The summed E-state index contributed by atoms with van der Waals surface area (Å²) < 4.78 is 37.5. The summed E-state index contributed by atoms with van der Waals surface area (Å²) in [7, 11) is 0.